The van der Waals surface area contributed by atoms with Gasteiger partial charge < -0.3 is 20.6 Å². The first-order valence-electron chi connectivity index (χ1n) is 9.07. The van der Waals surface area contributed by atoms with Gasteiger partial charge in [0, 0.05) is 6.54 Å². The van der Waals surface area contributed by atoms with E-state index in [1.165, 1.54) is 12.8 Å². The van der Waals surface area contributed by atoms with E-state index in [0.29, 0.717) is 5.92 Å². The van der Waals surface area contributed by atoms with Crippen molar-refractivity contribution in [1.29, 1.82) is 0 Å². The van der Waals surface area contributed by atoms with Gasteiger partial charge in [-0.2, -0.15) is 0 Å². The van der Waals surface area contributed by atoms with E-state index >= 15 is 0 Å². The Kier molecular flexibility index (Phi) is 5.41. The van der Waals surface area contributed by atoms with Crippen LogP contribution in [0.15, 0.2) is 30.3 Å². The van der Waals surface area contributed by atoms with Crippen molar-refractivity contribution in [3.8, 4) is 0 Å². The molecule has 1 aliphatic heterocycles. The second-order valence-electron chi connectivity index (χ2n) is 7.42. The molecule has 0 radical (unpaired) electrons. The number of rotatable bonds is 7. The highest BCUT2D eigenvalue weighted by Gasteiger charge is 2.42. The SMILES string of the molecule is CC(CO)(NC(=O)NC(CN1CCCC1)c1ccccc1)C1CC1. The van der Waals surface area contributed by atoms with Crippen LogP contribution in [-0.2, 0) is 0 Å². The second kappa shape index (κ2) is 7.53. The first-order chi connectivity index (χ1) is 11.6. The van der Waals surface area contributed by atoms with Crippen molar-refractivity contribution in [1.82, 2.24) is 15.5 Å². The summed E-state index contributed by atoms with van der Waals surface area (Å²) < 4.78 is 0. The van der Waals surface area contributed by atoms with Crippen LogP contribution in [0.25, 0.3) is 0 Å². The van der Waals surface area contributed by atoms with E-state index in [1.807, 2.05) is 25.1 Å². The Hall–Kier alpha value is -1.59. The number of hydrogen-bond acceptors (Lipinski definition) is 3. The average Bonchev–Trinajstić information content (AvgIpc) is 3.34. The number of aliphatic hydroxyl groups is 1. The van der Waals surface area contributed by atoms with Gasteiger partial charge in [-0.3, -0.25) is 0 Å². The van der Waals surface area contributed by atoms with E-state index < -0.39 is 5.54 Å². The lowest BCUT2D eigenvalue weighted by Gasteiger charge is -2.31. The molecule has 1 aliphatic carbocycles. The molecule has 1 saturated carbocycles. The summed E-state index contributed by atoms with van der Waals surface area (Å²) in [5.41, 5.74) is 0.607. The van der Waals surface area contributed by atoms with Gasteiger partial charge in [-0.25, -0.2) is 4.79 Å². The van der Waals surface area contributed by atoms with E-state index in [2.05, 4.69) is 27.7 Å². The van der Waals surface area contributed by atoms with Crippen LogP contribution in [0.2, 0.25) is 0 Å². The minimum atomic E-state index is -0.515. The van der Waals surface area contributed by atoms with Crippen LogP contribution in [0.4, 0.5) is 4.79 Å². The van der Waals surface area contributed by atoms with Gasteiger partial charge in [-0.15, -0.1) is 0 Å². The summed E-state index contributed by atoms with van der Waals surface area (Å²) in [5.74, 6) is 0.391. The first-order valence-corrected chi connectivity index (χ1v) is 9.07. The predicted molar refractivity (Wildman–Crippen MR) is 94.7 cm³/mol. The molecular formula is C19H29N3O2. The zero-order chi connectivity index (χ0) is 17.0. The van der Waals surface area contributed by atoms with Gasteiger partial charge in [0.15, 0.2) is 0 Å². The molecule has 2 atom stereocenters. The van der Waals surface area contributed by atoms with E-state index in [1.54, 1.807) is 0 Å². The first kappa shape index (κ1) is 17.2. The minimum absolute atomic E-state index is 0.0206. The zero-order valence-electron chi connectivity index (χ0n) is 14.5. The highest BCUT2D eigenvalue weighted by atomic mass is 16.3. The molecule has 2 unspecified atom stereocenters. The fraction of sp³-hybridized carbons (Fsp3) is 0.632. The van der Waals surface area contributed by atoms with E-state index in [0.717, 1.165) is 38.0 Å². The summed E-state index contributed by atoms with van der Waals surface area (Å²) in [4.78, 5) is 15.0. The second-order valence-corrected chi connectivity index (χ2v) is 7.42. The molecule has 0 bridgehead atoms. The van der Waals surface area contributed by atoms with Gasteiger partial charge in [-0.1, -0.05) is 30.3 Å². The summed E-state index contributed by atoms with van der Waals surface area (Å²) in [6.45, 7) is 4.94. The molecule has 3 rings (SSSR count). The van der Waals surface area contributed by atoms with Crippen molar-refractivity contribution in [2.45, 2.75) is 44.2 Å². The number of nitrogens with zero attached hydrogens (tertiary/aromatic N) is 1. The maximum atomic E-state index is 12.6. The fourth-order valence-electron chi connectivity index (χ4n) is 3.59. The zero-order valence-corrected chi connectivity index (χ0v) is 14.5. The van der Waals surface area contributed by atoms with Crippen molar-refractivity contribution < 1.29 is 9.90 Å². The summed E-state index contributed by atoms with van der Waals surface area (Å²) in [6, 6.07) is 9.91. The number of carbonyl (C=O) groups is 1. The number of nitrogens with one attached hydrogen (secondary N) is 2. The quantitative estimate of drug-likeness (QED) is 0.718. The van der Waals surface area contributed by atoms with Crippen LogP contribution in [0.1, 0.15) is 44.2 Å². The Labute approximate surface area is 144 Å². The Morgan fingerprint density at radius 2 is 1.96 bits per heavy atom. The van der Waals surface area contributed by atoms with Gasteiger partial charge in [-0.05, 0) is 57.2 Å². The molecule has 0 spiro atoms. The number of benzene rings is 1. The molecule has 24 heavy (non-hydrogen) atoms. The van der Waals surface area contributed by atoms with E-state index in [4.69, 9.17) is 0 Å². The molecule has 132 valence electrons. The molecular weight excluding hydrogens is 302 g/mol. The van der Waals surface area contributed by atoms with Crippen molar-refractivity contribution in [3.63, 3.8) is 0 Å². The third kappa shape index (κ3) is 4.28. The Morgan fingerprint density at radius 1 is 1.29 bits per heavy atom. The fourth-order valence-corrected chi connectivity index (χ4v) is 3.59. The number of urea groups is 1. The van der Waals surface area contributed by atoms with E-state index in [9.17, 15) is 9.90 Å². The lowest BCUT2D eigenvalue weighted by molar-refractivity contribution is 0.153. The van der Waals surface area contributed by atoms with E-state index in [-0.39, 0.29) is 18.7 Å². The van der Waals surface area contributed by atoms with Gasteiger partial charge in [0.25, 0.3) is 0 Å². The molecule has 1 saturated heterocycles. The molecule has 1 aromatic carbocycles. The Morgan fingerprint density at radius 3 is 2.54 bits per heavy atom. The third-order valence-corrected chi connectivity index (χ3v) is 5.35. The lowest BCUT2D eigenvalue weighted by atomic mass is 9.97. The normalized spacial score (nSPS) is 21.9. The molecule has 2 amide bonds. The minimum Gasteiger partial charge on any atom is -0.394 e. The third-order valence-electron chi connectivity index (χ3n) is 5.35. The topological polar surface area (TPSA) is 64.6 Å². The molecule has 5 heteroatoms. The van der Waals surface area contributed by atoms with Crippen molar-refractivity contribution >= 4 is 6.03 Å². The van der Waals surface area contributed by atoms with Crippen LogP contribution < -0.4 is 10.6 Å². The summed E-state index contributed by atoms with van der Waals surface area (Å²) >= 11 is 0. The maximum Gasteiger partial charge on any atom is 0.315 e. The van der Waals surface area contributed by atoms with Crippen molar-refractivity contribution in [2.75, 3.05) is 26.2 Å². The maximum absolute atomic E-state index is 12.6. The molecule has 0 aromatic heterocycles. The van der Waals surface area contributed by atoms with Crippen LogP contribution >= 0.6 is 0 Å². The largest absolute Gasteiger partial charge is 0.394 e. The number of hydrogen-bond donors (Lipinski definition) is 3. The van der Waals surface area contributed by atoms with Gasteiger partial charge in [0.05, 0.1) is 18.2 Å². The summed E-state index contributed by atoms with van der Waals surface area (Å²) in [5, 5.41) is 15.8. The number of amides is 2. The Balaban J connectivity index is 1.65. The average molecular weight is 331 g/mol. The summed E-state index contributed by atoms with van der Waals surface area (Å²) in [7, 11) is 0. The molecule has 1 heterocycles. The van der Waals surface area contributed by atoms with Gasteiger partial charge in [0.2, 0.25) is 0 Å². The number of aliphatic hydroxyl groups excluding tert-OH is 1. The van der Waals surface area contributed by atoms with Gasteiger partial charge in [0.1, 0.15) is 0 Å². The van der Waals surface area contributed by atoms with Gasteiger partial charge >= 0.3 is 6.03 Å². The molecule has 2 aliphatic rings. The number of likely N-dealkylation sites (tertiary alicyclic amines) is 1. The highest BCUT2D eigenvalue weighted by molar-refractivity contribution is 5.75. The highest BCUT2D eigenvalue weighted by Crippen LogP contribution is 2.39. The van der Waals surface area contributed by atoms with Crippen LogP contribution in [0, 0.1) is 5.92 Å². The summed E-state index contributed by atoms with van der Waals surface area (Å²) in [6.07, 6.45) is 4.62. The predicted octanol–water partition coefficient (Wildman–Crippen LogP) is 2.28. The molecule has 5 nitrogen and oxygen atoms in total. The Bertz CT molecular complexity index is 541. The van der Waals surface area contributed by atoms with Crippen molar-refractivity contribution in [2.24, 2.45) is 5.92 Å². The van der Waals surface area contributed by atoms with Crippen LogP contribution in [0.5, 0.6) is 0 Å². The van der Waals surface area contributed by atoms with Crippen LogP contribution in [0.3, 0.4) is 0 Å². The standard InChI is InChI=1S/C19H29N3O2/c1-19(14-23,16-9-10-16)21-18(24)20-17(13-22-11-5-6-12-22)15-7-3-2-4-8-15/h2-4,7-8,16-17,23H,5-6,9-14H2,1H3,(H2,20,21,24). The smallest absolute Gasteiger partial charge is 0.315 e. The van der Waals surface area contributed by atoms with Crippen molar-refractivity contribution in [3.05, 3.63) is 35.9 Å². The van der Waals surface area contributed by atoms with Crippen LogP contribution in [-0.4, -0.2) is 47.8 Å². The lowest BCUT2D eigenvalue weighted by Crippen LogP contribution is -2.55. The monoisotopic (exact) mass is 331 g/mol. The molecule has 1 aromatic rings. The number of carbonyl (C=O) groups excluding carboxylic acids is 1. The molecule has 2 fully saturated rings. The molecule has 3 N–H and O–H groups in total.